The average molecular weight is 589 g/mol. The first-order valence-corrected chi connectivity index (χ1v) is 13.1. The number of carbonyl (C=O) groups excluding carboxylic acids is 2. The number of rotatable bonds is 10. The summed E-state index contributed by atoms with van der Waals surface area (Å²) < 4.78 is 0.310. The number of nitrogens with zero attached hydrogens (tertiary/aromatic N) is 6. The second-order valence-corrected chi connectivity index (χ2v) is 9.81. The predicted molar refractivity (Wildman–Crippen MR) is 150 cm³/mol. The van der Waals surface area contributed by atoms with Crippen molar-refractivity contribution in [3.05, 3.63) is 91.4 Å². The second kappa shape index (κ2) is 12.0. The molecule has 0 fully saturated rings. The number of nitriles is 1. The van der Waals surface area contributed by atoms with Gasteiger partial charge in [-0.2, -0.15) is 10.4 Å². The monoisotopic (exact) mass is 588 g/mol. The van der Waals surface area contributed by atoms with E-state index in [1.807, 2.05) is 31.2 Å². The Morgan fingerprint density at radius 1 is 1.05 bits per heavy atom. The molecule has 0 radical (unpaired) electrons. The van der Waals surface area contributed by atoms with Crippen LogP contribution in [0.3, 0.4) is 0 Å². The molecule has 4 rings (SSSR count). The lowest BCUT2D eigenvalue weighted by molar-refractivity contribution is -0.384. The highest BCUT2D eigenvalue weighted by atomic mass is 79.9. The molecular formula is C28H25BrN6O4. The first kappa shape index (κ1) is 27.6. The lowest BCUT2D eigenvalue weighted by Gasteiger charge is -2.24. The van der Waals surface area contributed by atoms with Gasteiger partial charge in [-0.1, -0.05) is 12.1 Å². The van der Waals surface area contributed by atoms with Gasteiger partial charge in [0, 0.05) is 37.5 Å². The number of benzene rings is 3. The van der Waals surface area contributed by atoms with Crippen LogP contribution in [0, 0.1) is 28.4 Å². The Labute approximate surface area is 233 Å². The molecule has 0 bridgehead atoms. The van der Waals surface area contributed by atoms with Crippen LogP contribution in [0.25, 0.3) is 0 Å². The number of unbranched alkanes of at least 4 members (excludes halogenated alkanes) is 1. The van der Waals surface area contributed by atoms with Crippen molar-refractivity contribution < 1.29 is 14.5 Å². The molecule has 2 amide bonds. The number of hydrogen-bond donors (Lipinski definition) is 0. The molecule has 3 aromatic carbocycles. The summed E-state index contributed by atoms with van der Waals surface area (Å²) in [5.41, 5.74) is 3.48. The van der Waals surface area contributed by atoms with Gasteiger partial charge in [-0.05, 0) is 78.5 Å². The minimum Gasteiger partial charge on any atom is -0.372 e. The molecule has 0 saturated carbocycles. The number of nitro benzene ring substituents is 1. The maximum atomic E-state index is 12.6. The Hall–Kier alpha value is -4.43. The number of halogens is 1. The second-order valence-electron chi connectivity index (χ2n) is 8.96. The Morgan fingerprint density at radius 3 is 2.33 bits per heavy atom. The van der Waals surface area contributed by atoms with E-state index in [2.05, 4.69) is 38.0 Å². The Balaban J connectivity index is 1.39. The maximum absolute atomic E-state index is 12.6. The quantitative estimate of drug-likeness (QED) is 0.0835. The molecule has 0 saturated heterocycles. The first-order valence-electron chi connectivity index (χ1n) is 12.4. The van der Waals surface area contributed by atoms with Gasteiger partial charge in [0.2, 0.25) is 0 Å². The minimum absolute atomic E-state index is 0.0486. The third-order valence-electron chi connectivity index (χ3n) is 6.50. The highest BCUT2D eigenvalue weighted by molar-refractivity contribution is 9.10. The summed E-state index contributed by atoms with van der Waals surface area (Å²) in [6.07, 6.45) is 1.49. The summed E-state index contributed by atoms with van der Waals surface area (Å²) in [5.74, 6) is -0.461. The summed E-state index contributed by atoms with van der Waals surface area (Å²) in [6, 6.07) is 17.1. The fraction of sp³-hybridized carbons (Fsp3) is 0.250. The van der Waals surface area contributed by atoms with E-state index >= 15 is 0 Å². The lowest BCUT2D eigenvalue weighted by Crippen LogP contribution is -2.31. The van der Waals surface area contributed by atoms with Gasteiger partial charge in [-0.15, -0.1) is 5.11 Å². The SMILES string of the molecule is CCN(CCCCN1C(=O)c2ccccc2C1=O)c1ccc(/N=N/c2c(Br)cc([N+](=O)[O-])cc2C#N)c(C)c1. The molecule has 198 valence electrons. The number of fused-ring (bicyclic) bond motifs is 1. The van der Waals surface area contributed by atoms with E-state index in [1.165, 1.54) is 17.0 Å². The summed E-state index contributed by atoms with van der Waals surface area (Å²) in [4.78, 5) is 39.1. The zero-order chi connectivity index (χ0) is 28.1. The number of hydrogen-bond acceptors (Lipinski definition) is 8. The van der Waals surface area contributed by atoms with Crippen LogP contribution in [0.2, 0.25) is 0 Å². The molecule has 39 heavy (non-hydrogen) atoms. The van der Waals surface area contributed by atoms with Crippen LogP contribution in [0.5, 0.6) is 0 Å². The summed E-state index contributed by atoms with van der Waals surface area (Å²) in [5, 5.41) is 28.9. The fourth-order valence-corrected chi connectivity index (χ4v) is 4.94. The summed E-state index contributed by atoms with van der Waals surface area (Å²) in [6.45, 7) is 5.87. The van der Waals surface area contributed by atoms with Gasteiger partial charge in [0.25, 0.3) is 17.5 Å². The van der Waals surface area contributed by atoms with E-state index in [0.717, 1.165) is 30.8 Å². The first-order chi connectivity index (χ1) is 18.7. The van der Waals surface area contributed by atoms with E-state index < -0.39 is 4.92 Å². The molecule has 11 heteroatoms. The highest BCUT2D eigenvalue weighted by Crippen LogP contribution is 2.35. The number of anilines is 1. The molecular weight excluding hydrogens is 564 g/mol. The molecule has 1 aliphatic heterocycles. The molecule has 10 nitrogen and oxygen atoms in total. The summed E-state index contributed by atoms with van der Waals surface area (Å²) in [7, 11) is 0. The number of amides is 2. The van der Waals surface area contributed by atoms with Crippen molar-refractivity contribution in [1.29, 1.82) is 5.26 Å². The fourth-order valence-electron chi connectivity index (χ4n) is 4.41. The number of imide groups is 1. The van der Waals surface area contributed by atoms with Crippen LogP contribution in [0.15, 0.2) is 69.3 Å². The predicted octanol–water partition coefficient (Wildman–Crippen LogP) is 6.86. The molecule has 0 N–H and O–H groups in total. The normalized spacial score (nSPS) is 12.6. The summed E-state index contributed by atoms with van der Waals surface area (Å²) >= 11 is 3.25. The van der Waals surface area contributed by atoms with Gasteiger partial charge in [0.15, 0.2) is 0 Å². The van der Waals surface area contributed by atoms with E-state index in [0.29, 0.717) is 34.3 Å². The number of non-ortho nitro benzene ring substituents is 1. The topological polar surface area (TPSA) is 132 Å². The Morgan fingerprint density at radius 2 is 1.74 bits per heavy atom. The van der Waals surface area contributed by atoms with Crippen molar-refractivity contribution in [3.63, 3.8) is 0 Å². The molecule has 0 aliphatic carbocycles. The van der Waals surface area contributed by atoms with Gasteiger partial charge in [-0.25, -0.2) is 0 Å². The number of aryl methyl sites for hydroxylation is 1. The lowest BCUT2D eigenvalue weighted by atomic mass is 10.1. The van der Waals surface area contributed by atoms with Crippen molar-refractivity contribution in [1.82, 2.24) is 4.90 Å². The molecule has 0 atom stereocenters. The van der Waals surface area contributed by atoms with Crippen LogP contribution < -0.4 is 4.90 Å². The standard InChI is InChI=1S/C28H25BrN6O4/c1-3-33(12-6-7-13-34-27(36)22-8-4-5-9-23(22)28(34)37)20-10-11-25(18(2)14-20)31-32-26-19(17-30)15-21(35(38)39)16-24(26)29/h4-5,8-11,14-16H,3,6-7,12-13H2,1-2H3/b32-31+. The average Bonchev–Trinajstić information content (AvgIpc) is 3.17. The minimum atomic E-state index is -0.570. The van der Waals surface area contributed by atoms with Crippen LogP contribution in [-0.2, 0) is 0 Å². The van der Waals surface area contributed by atoms with Crippen molar-refractivity contribution >= 4 is 50.5 Å². The maximum Gasteiger partial charge on any atom is 0.272 e. The molecule has 3 aromatic rings. The van der Waals surface area contributed by atoms with Crippen LogP contribution in [0.4, 0.5) is 22.7 Å². The molecule has 0 unspecified atom stereocenters. The molecule has 1 aliphatic rings. The Kier molecular flexibility index (Phi) is 8.46. The van der Waals surface area contributed by atoms with Crippen LogP contribution in [-0.4, -0.2) is 41.3 Å². The van der Waals surface area contributed by atoms with Crippen LogP contribution in [0.1, 0.15) is 51.6 Å². The van der Waals surface area contributed by atoms with Gasteiger partial charge in [0.1, 0.15) is 11.8 Å². The van der Waals surface area contributed by atoms with Gasteiger partial charge >= 0.3 is 0 Å². The smallest absolute Gasteiger partial charge is 0.272 e. The Bertz CT molecular complexity index is 1500. The van der Waals surface area contributed by atoms with Crippen molar-refractivity contribution in [2.75, 3.05) is 24.5 Å². The molecule has 0 spiro atoms. The van der Waals surface area contributed by atoms with Gasteiger partial charge in [-0.3, -0.25) is 24.6 Å². The van der Waals surface area contributed by atoms with Crippen molar-refractivity contribution in [3.8, 4) is 6.07 Å². The van der Waals surface area contributed by atoms with Crippen LogP contribution >= 0.6 is 15.9 Å². The largest absolute Gasteiger partial charge is 0.372 e. The van der Waals surface area contributed by atoms with Crippen molar-refractivity contribution in [2.45, 2.75) is 26.7 Å². The zero-order valence-corrected chi connectivity index (χ0v) is 23.0. The number of azo groups is 1. The number of nitro groups is 1. The molecule has 1 heterocycles. The zero-order valence-electron chi connectivity index (χ0n) is 21.4. The highest BCUT2D eigenvalue weighted by Gasteiger charge is 2.34. The van der Waals surface area contributed by atoms with E-state index in [9.17, 15) is 25.0 Å². The third-order valence-corrected chi connectivity index (χ3v) is 7.11. The van der Waals surface area contributed by atoms with E-state index in [-0.39, 0.29) is 28.8 Å². The van der Waals surface area contributed by atoms with E-state index in [1.54, 1.807) is 24.3 Å². The number of carbonyl (C=O) groups is 2. The third kappa shape index (κ3) is 5.86. The van der Waals surface area contributed by atoms with Gasteiger partial charge < -0.3 is 4.90 Å². The van der Waals surface area contributed by atoms with Crippen molar-refractivity contribution in [2.24, 2.45) is 10.2 Å². The van der Waals surface area contributed by atoms with E-state index in [4.69, 9.17) is 0 Å². The molecule has 0 aromatic heterocycles. The van der Waals surface area contributed by atoms with Gasteiger partial charge in [0.05, 0.1) is 31.8 Å².